The molecule has 8 heteroatoms. The topological polar surface area (TPSA) is 70.6 Å². The molecule has 1 aromatic rings. The first-order valence-electron chi connectivity index (χ1n) is 7.71. The first kappa shape index (κ1) is 20.1. The van der Waals surface area contributed by atoms with E-state index in [1.165, 1.54) is 6.07 Å². The van der Waals surface area contributed by atoms with Crippen LogP contribution in [0.3, 0.4) is 0 Å². The third-order valence-corrected chi connectivity index (χ3v) is 3.42. The van der Waals surface area contributed by atoms with Crippen molar-refractivity contribution >= 4 is 11.7 Å². The summed E-state index contributed by atoms with van der Waals surface area (Å²) in [5, 5.41) is 13.8. The number of nitrogens with one attached hydrogen (secondary N) is 2. The van der Waals surface area contributed by atoms with Crippen LogP contribution in [0.2, 0.25) is 0 Å². The van der Waals surface area contributed by atoms with Crippen LogP contribution < -0.4 is 15.4 Å². The van der Waals surface area contributed by atoms with Crippen molar-refractivity contribution in [1.29, 1.82) is 0 Å². The summed E-state index contributed by atoms with van der Waals surface area (Å²) in [6.45, 7) is 5.47. The van der Waals surface area contributed by atoms with Gasteiger partial charge in [0.1, 0.15) is 5.75 Å². The van der Waals surface area contributed by atoms with E-state index in [2.05, 4.69) is 10.6 Å². The minimum atomic E-state index is -4.63. The molecule has 24 heavy (non-hydrogen) atoms. The van der Waals surface area contributed by atoms with Crippen LogP contribution in [0.1, 0.15) is 32.8 Å². The molecule has 0 bridgehead atoms. The second-order valence-corrected chi connectivity index (χ2v) is 5.60. The van der Waals surface area contributed by atoms with Crippen LogP contribution >= 0.6 is 0 Å². The second-order valence-electron chi connectivity index (χ2n) is 5.60. The molecule has 0 saturated carbocycles. The lowest BCUT2D eigenvalue weighted by Crippen LogP contribution is -2.41. The Hall–Kier alpha value is -1.96. The number of rotatable bonds is 7. The number of carbonyl (C=O) groups excluding carboxylic acids is 1. The molecule has 0 radical (unpaired) electrons. The number of anilines is 1. The summed E-state index contributed by atoms with van der Waals surface area (Å²) in [5.74, 6) is 0.112. The van der Waals surface area contributed by atoms with Gasteiger partial charge in [-0.05, 0) is 37.5 Å². The predicted octanol–water partition coefficient (Wildman–Crippen LogP) is 3.63. The van der Waals surface area contributed by atoms with Gasteiger partial charge in [0.15, 0.2) is 0 Å². The Bertz CT molecular complexity index is 548. The molecule has 2 amide bonds. The summed E-state index contributed by atoms with van der Waals surface area (Å²) < 4.78 is 44.6. The summed E-state index contributed by atoms with van der Waals surface area (Å²) in [7, 11) is 0. The lowest BCUT2D eigenvalue weighted by molar-refractivity contribution is -0.137. The number of benzene rings is 1. The number of aliphatic hydroxyl groups excluding tert-OH is 1. The third kappa shape index (κ3) is 5.92. The van der Waals surface area contributed by atoms with Gasteiger partial charge >= 0.3 is 12.2 Å². The number of aliphatic hydroxyl groups is 1. The number of hydrogen-bond donors (Lipinski definition) is 3. The monoisotopic (exact) mass is 348 g/mol. The highest BCUT2D eigenvalue weighted by Gasteiger charge is 2.34. The van der Waals surface area contributed by atoms with Gasteiger partial charge in [-0.2, -0.15) is 13.2 Å². The standard InChI is InChI=1S/C16H23F3N2O3/c1-4-24-11-5-6-14(12(9-11)16(17,18)19)21-15(23)20-13(7-8-22)10(2)3/h5-6,9-10,13,22H,4,7-8H2,1-3H3,(H2,20,21,23). The van der Waals surface area contributed by atoms with Crippen LogP contribution in [-0.2, 0) is 6.18 Å². The molecule has 0 saturated heterocycles. The van der Waals surface area contributed by atoms with E-state index in [0.717, 1.165) is 12.1 Å². The molecule has 1 rings (SSSR count). The number of alkyl halides is 3. The highest BCUT2D eigenvalue weighted by molar-refractivity contribution is 5.90. The lowest BCUT2D eigenvalue weighted by atomic mass is 10.0. The number of hydrogen-bond acceptors (Lipinski definition) is 3. The van der Waals surface area contributed by atoms with Crippen molar-refractivity contribution in [3.63, 3.8) is 0 Å². The Morgan fingerprint density at radius 2 is 2.00 bits per heavy atom. The SMILES string of the molecule is CCOc1ccc(NC(=O)NC(CCO)C(C)C)c(C(F)(F)F)c1. The van der Waals surface area contributed by atoms with Gasteiger partial charge in [-0.15, -0.1) is 0 Å². The van der Waals surface area contributed by atoms with Crippen LogP contribution in [0.5, 0.6) is 5.75 Å². The zero-order chi connectivity index (χ0) is 18.3. The molecule has 1 atom stereocenters. The van der Waals surface area contributed by atoms with Gasteiger partial charge in [0, 0.05) is 12.6 Å². The van der Waals surface area contributed by atoms with E-state index in [1.54, 1.807) is 6.92 Å². The van der Waals surface area contributed by atoms with Crippen molar-refractivity contribution in [2.75, 3.05) is 18.5 Å². The summed E-state index contributed by atoms with van der Waals surface area (Å²) in [4.78, 5) is 12.0. The van der Waals surface area contributed by atoms with E-state index in [1.807, 2.05) is 13.8 Å². The number of amides is 2. The molecule has 0 spiro atoms. The molecule has 1 aromatic carbocycles. The number of halogens is 3. The molecule has 0 aliphatic carbocycles. The summed E-state index contributed by atoms with van der Waals surface area (Å²) in [6.07, 6.45) is -4.31. The maximum absolute atomic E-state index is 13.2. The predicted molar refractivity (Wildman–Crippen MR) is 85.1 cm³/mol. The van der Waals surface area contributed by atoms with Crippen LogP contribution in [0.4, 0.5) is 23.7 Å². The Morgan fingerprint density at radius 1 is 1.33 bits per heavy atom. The van der Waals surface area contributed by atoms with Crippen molar-refractivity contribution in [2.24, 2.45) is 5.92 Å². The molecule has 0 heterocycles. The van der Waals surface area contributed by atoms with Crippen molar-refractivity contribution < 1.29 is 27.8 Å². The molecule has 136 valence electrons. The summed E-state index contributed by atoms with van der Waals surface area (Å²) in [5.41, 5.74) is -1.33. The van der Waals surface area contributed by atoms with Gasteiger partial charge in [-0.25, -0.2) is 4.79 Å². The van der Waals surface area contributed by atoms with Crippen LogP contribution in [0, 0.1) is 5.92 Å². The minimum Gasteiger partial charge on any atom is -0.494 e. The average Bonchev–Trinajstić information content (AvgIpc) is 2.47. The van der Waals surface area contributed by atoms with Crippen LogP contribution in [0.15, 0.2) is 18.2 Å². The maximum atomic E-state index is 13.2. The van der Waals surface area contributed by atoms with Crippen molar-refractivity contribution in [2.45, 2.75) is 39.4 Å². The fourth-order valence-corrected chi connectivity index (χ4v) is 2.16. The van der Waals surface area contributed by atoms with Gasteiger partial charge in [0.05, 0.1) is 17.9 Å². The Balaban J connectivity index is 2.95. The van der Waals surface area contributed by atoms with E-state index < -0.39 is 17.8 Å². The number of ether oxygens (including phenoxy) is 1. The van der Waals surface area contributed by atoms with E-state index in [4.69, 9.17) is 9.84 Å². The van der Waals surface area contributed by atoms with E-state index in [-0.39, 0.29) is 36.6 Å². The first-order valence-corrected chi connectivity index (χ1v) is 7.71. The normalized spacial score (nSPS) is 12.8. The first-order chi connectivity index (χ1) is 11.2. The second kappa shape index (κ2) is 8.77. The molecule has 5 nitrogen and oxygen atoms in total. The van der Waals surface area contributed by atoms with Gasteiger partial charge in [-0.1, -0.05) is 13.8 Å². The van der Waals surface area contributed by atoms with E-state index in [9.17, 15) is 18.0 Å². The Kier molecular flexibility index (Phi) is 7.34. The minimum absolute atomic E-state index is 0.0327. The maximum Gasteiger partial charge on any atom is 0.418 e. The Morgan fingerprint density at radius 3 is 2.50 bits per heavy atom. The third-order valence-electron chi connectivity index (χ3n) is 3.42. The van der Waals surface area contributed by atoms with E-state index in [0.29, 0.717) is 6.42 Å². The average molecular weight is 348 g/mol. The molecule has 3 N–H and O–H groups in total. The molecule has 0 fully saturated rings. The van der Waals surface area contributed by atoms with Crippen LogP contribution in [-0.4, -0.2) is 30.4 Å². The molecular formula is C16H23F3N2O3. The highest BCUT2D eigenvalue weighted by Crippen LogP contribution is 2.37. The number of carbonyl (C=O) groups is 1. The van der Waals surface area contributed by atoms with Gasteiger partial charge in [0.25, 0.3) is 0 Å². The molecule has 1 unspecified atom stereocenters. The highest BCUT2D eigenvalue weighted by atomic mass is 19.4. The summed E-state index contributed by atoms with van der Waals surface area (Å²) in [6, 6.07) is 2.28. The van der Waals surface area contributed by atoms with Crippen LogP contribution in [0.25, 0.3) is 0 Å². The van der Waals surface area contributed by atoms with E-state index >= 15 is 0 Å². The van der Waals surface area contributed by atoms with Gasteiger partial charge < -0.3 is 20.5 Å². The smallest absolute Gasteiger partial charge is 0.418 e. The zero-order valence-electron chi connectivity index (χ0n) is 13.9. The van der Waals surface area contributed by atoms with Gasteiger partial charge in [0.2, 0.25) is 0 Å². The summed E-state index contributed by atoms with van der Waals surface area (Å²) >= 11 is 0. The Labute approximate surface area is 139 Å². The number of urea groups is 1. The van der Waals surface area contributed by atoms with Gasteiger partial charge in [-0.3, -0.25) is 0 Å². The fraction of sp³-hybridized carbons (Fsp3) is 0.562. The zero-order valence-corrected chi connectivity index (χ0v) is 13.9. The molecule has 0 aromatic heterocycles. The van der Waals surface area contributed by atoms with Crippen molar-refractivity contribution in [3.05, 3.63) is 23.8 Å². The molecular weight excluding hydrogens is 325 g/mol. The fourth-order valence-electron chi connectivity index (χ4n) is 2.16. The molecule has 0 aliphatic rings. The molecule has 0 aliphatic heterocycles. The van der Waals surface area contributed by atoms with Crippen molar-refractivity contribution in [3.8, 4) is 5.75 Å². The lowest BCUT2D eigenvalue weighted by Gasteiger charge is -2.22. The van der Waals surface area contributed by atoms with Crippen molar-refractivity contribution in [1.82, 2.24) is 5.32 Å². The quantitative estimate of drug-likeness (QED) is 0.705. The largest absolute Gasteiger partial charge is 0.494 e.